The highest BCUT2D eigenvalue weighted by molar-refractivity contribution is 6.50. The van der Waals surface area contributed by atoms with Crippen LogP contribution in [0, 0.1) is 5.92 Å². The van der Waals surface area contributed by atoms with Gasteiger partial charge in [-0.15, -0.1) is 0 Å². The Morgan fingerprint density at radius 3 is 2.00 bits per heavy atom. The summed E-state index contributed by atoms with van der Waals surface area (Å²) in [6, 6.07) is 0. The Morgan fingerprint density at radius 2 is 1.50 bits per heavy atom. The van der Waals surface area contributed by atoms with Crippen molar-refractivity contribution in [1.29, 1.82) is 0 Å². The van der Waals surface area contributed by atoms with Crippen LogP contribution < -0.4 is 5.73 Å². The predicted octanol–water partition coefficient (Wildman–Crippen LogP) is 5.74. The molecule has 0 bridgehead atoms. The van der Waals surface area contributed by atoms with Gasteiger partial charge in [0, 0.05) is 12.1 Å². The molecular formula is C13H17Cl4N. The second kappa shape index (κ2) is 7.21. The Morgan fingerprint density at radius 1 is 0.944 bits per heavy atom. The summed E-state index contributed by atoms with van der Waals surface area (Å²) in [4.78, 5) is 0. The summed E-state index contributed by atoms with van der Waals surface area (Å²) in [6.07, 6.45) is 3.03. The second-order valence-corrected chi connectivity index (χ2v) is 6.03. The van der Waals surface area contributed by atoms with Crippen molar-refractivity contribution in [2.24, 2.45) is 11.7 Å². The minimum Gasteiger partial charge on any atom is -0.326 e. The zero-order valence-electron chi connectivity index (χ0n) is 10.5. The molecule has 1 aromatic carbocycles. The molecule has 102 valence electrons. The molecular weight excluding hydrogens is 312 g/mol. The van der Waals surface area contributed by atoms with Gasteiger partial charge in [0.15, 0.2) is 0 Å². The third kappa shape index (κ3) is 3.46. The molecule has 1 atom stereocenters. The van der Waals surface area contributed by atoms with Crippen molar-refractivity contribution in [2.75, 3.05) is 0 Å². The standard InChI is InChI=1S/C13H17Cl4N/c1-3-4-7(2)5-8-10(14)9(6-18)12(16)13(17)11(8)15/h7H,3-6,18H2,1-2H3. The minimum atomic E-state index is 0.254. The van der Waals surface area contributed by atoms with Gasteiger partial charge < -0.3 is 5.73 Å². The fourth-order valence-corrected chi connectivity index (χ4v) is 3.29. The molecule has 0 radical (unpaired) electrons. The first-order chi connectivity index (χ1) is 8.43. The molecule has 0 saturated carbocycles. The zero-order valence-corrected chi connectivity index (χ0v) is 13.5. The molecule has 1 nitrogen and oxygen atoms in total. The Hall–Kier alpha value is 0.340. The monoisotopic (exact) mass is 327 g/mol. The summed E-state index contributed by atoms with van der Waals surface area (Å²) < 4.78 is 0. The molecule has 0 heterocycles. The topological polar surface area (TPSA) is 26.0 Å². The molecule has 0 fully saturated rings. The summed E-state index contributed by atoms with van der Waals surface area (Å²) in [5, 5.41) is 1.72. The largest absolute Gasteiger partial charge is 0.326 e. The number of benzene rings is 1. The van der Waals surface area contributed by atoms with Crippen molar-refractivity contribution < 1.29 is 0 Å². The average Bonchev–Trinajstić information content (AvgIpc) is 2.33. The maximum atomic E-state index is 6.33. The SMILES string of the molecule is CCCC(C)Cc1c(Cl)c(Cl)c(Cl)c(CN)c1Cl. The Labute approximate surface area is 129 Å². The number of rotatable bonds is 5. The summed E-state index contributed by atoms with van der Waals surface area (Å²) >= 11 is 24.8. The molecule has 1 rings (SSSR count). The summed E-state index contributed by atoms with van der Waals surface area (Å²) in [6.45, 7) is 4.57. The van der Waals surface area contributed by atoms with Crippen molar-refractivity contribution in [3.05, 3.63) is 31.2 Å². The van der Waals surface area contributed by atoms with E-state index in [0.29, 0.717) is 31.6 Å². The van der Waals surface area contributed by atoms with E-state index >= 15 is 0 Å². The summed E-state index contributed by atoms with van der Waals surface area (Å²) in [7, 11) is 0. The smallest absolute Gasteiger partial charge is 0.0785 e. The van der Waals surface area contributed by atoms with Gasteiger partial charge in [-0.1, -0.05) is 73.1 Å². The zero-order chi connectivity index (χ0) is 13.9. The van der Waals surface area contributed by atoms with Crippen LogP contribution in [0.3, 0.4) is 0 Å². The first kappa shape index (κ1) is 16.4. The van der Waals surface area contributed by atoms with Crippen LogP contribution in [0.4, 0.5) is 0 Å². The molecule has 18 heavy (non-hydrogen) atoms. The minimum absolute atomic E-state index is 0.254. The van der Waals surface area contributed by atoms with Gasteiger partial charge in [0.2, 0.25) is 0 Å². The first-order valence-electron chi connectivity index (χ1n) is 5.97. The lowest BCUT2D eigenvalue weighted by Gasteiger charge is -2.17. The van der Waals surface area contributed by atoms with Crippen molar-refractivity contribution in [2.45, 2.75) is 39.7 Å². The average molecular weight is 329 g/mol. The van der Waals surface area contributed by atoms with E-state index in [1.807, 2.05) is 0 Å². The van der Waals surface area contributed by atoms with Crippen LogP contribution in [0.5, 0.6) is 0 Å². The van der Waals surface area contributed by atoms with Crippen LogP contribution in [-0.2, 0) is 13.0 Å². The van der Waals surface area contributed by atoms with E-state index in [0.717, 1.165) is 24.8 Å². The maximum absolute atomic E-state index is 6.33. The lowest BCUT2D eigenvalue weighted by atomic mass is 9.95. The van der Waals surface area contributed by atoms with Crippen LogP contribution in [0.15, 0.2) is 0 Å². The van der Waals surface area contributed by atoms with E-state index in [-0.39, 0.29) is 6.54 Å². The van der Waals surface area contributed by atoms with E-state index in [4.69, 9.17) is 52.1 Å². The quantitative estimate of drug-likeness (QED) is 0.541. The number of hydrogen-bond donors (Lipinski definition) is 1. The molecule has 5 heteroatoms. The summed E-state index contributed by atoms with van der Waals surface area (Å²) in [5.74, 6) is 0.493. The molecule has 2 N–H and O–H groups in total. The molecule has 0 spiro atoms. The van der Waals surface area contributed by atoms with E-state index in [1.165, 1.54) is 0 Å². The van der Waals surface area contributed by atoms with Gasteiger partial charge >= 0.3 is 0 Å². The van der Waals surface area contributed by atoms with Crippen LogP contribution in [-0.4, -0.2) is 0 Å². The number of halogens is 4. The third-order valence-corrected chi connectivity index (χ3v) is 4.85. The Balaban J connectivity index is 3.22. The highest BCUT2D eigenvalue weighted by atomic mass is 35.5. The summed E-state index contributed by atoms with van der Waals surface area (Å²) in [5.41, 5.74) is 7.19. The molecule has 1 aromatic rings. The lowest BCUT2D eigenvalue weighted by molar-refractivity contribution is 0.522. The highest BCUT2D eigenvalue weighted by Gasteiger charge is 2.20. The fourth-order valence-electron chi connectivity index (χ4n) is 2.04. The molecule has 1 unspecified atom stereocenters. The van der Waals surface area contributed by atoms with Gasteiger partial charge in [-0.2, -0.15) is 0 Å². The van der Waals surface area contributed by atoms with E-state index in [9.17, 15) is 0 Å². The van der Waals surface area contributed by atoms with Gasteiger partial charge in [0.1, 0.15) is 0 Å². The van der Waals surface area contributed by atoms with Gasteiger partial charge in [-0.25, -0.2) is 0 Å². The Kier molecular flexibility index (Phi) is 6.57. The lowest BCUT2D eigenvalue weighted by Crippen LogP contribution is -2.06. The molecule has 0 aliphatic carbocycles. The third-order valence-electron chi connectivity index (χ3n) is 2.98. The maximum Gasteiger partial charge on any atom is 0.0785 e. The molecule has 0 aliphatic heterocycles. The van der Waals surface area contributed by atoms with Gasteiger partial charge in [-0.3, -0.25) is 0 Å². The fraction of sp³-hybridized carbons (Fsp3) is 0.538. The van der Waals surface area contributed by atoms with Crippen LogP contribution in [0.1, 0.15) is 37.8 Å². The molecule has 0 aromatic heterocycles. The van der Waals surface area contributed by atoms with Crippen LogP contribution in [0.25, 0.3) is 0 Å². The van der Waals surface area contributed by atoms with Crippen molar-refractivity contribution >= 4 is 46.4 Å². The first-order valence-corrected chi connectivity index (χ1v) is 7.48. The molecule has 0 amide bonds. The van der Waals surface area contributed by atoms with E-state index < -0.39 is 0 Å². The highest BCUT2D eigenvalue weighted by Crippen LogP contribution is 2.42. The van der Waals surface area contributed by atoms with E-state index in [2.05, 4.69) is 13.8 Å². The molecule has 0 aliphatic rings. The van der Waals surface area contributed by atoms with Crippen molar-refractivity contribution in [1.82, 2.24) is 0 Å². The Bertz CT molecular complexity index is 432. The van der Waals surface area contributed by atoms with Gasteiger partial charge in [-0.05, 0) is 17.9 Å². The number of nitrogens with two attached hydrogens (primary N) is 1. The van der Waals surface area contributed by atoms with Crippen LogP contribution >= 0.6 is 46.4 Å². The molecule has 0 saturated heterocycles. The van der Waals surface area contributed by atoms with Gasteiger partial charge in [0.25, 0.3) is 0 Å². The normalized spacial score (nSPS) is 12.8. The van der Waals surface area contributed by atoms with Gasteiger partial charge in [0.05, 0.1) is 20.1 Å². The number of hydrogen-bond acceptors (Lipinski definition) is 1. The van der Waals surface area contributed by atoms with Crippen molar-refractivity contribution in [3.8, 4) is 0 Å². The van der Waals surface area contributed by atoms with Crippen molar-refractivity contribution in [3.63, 3.8) is 0 Å². The predicted molar refractivity (Wildman–Crippen MR) is 82.1 cm³/mol. The van der Waals surface area contributed by atoms with Crippen LogP contribution in [0.2, 0.25) is 20.1 Å². The van der Waals surface area contributed by atoms with E-state index in [1.54, 1.807) is 0 Å². The second-order valence-electron chi connectivity index (χ2n) is 4.52.